The average molecular weight is 524 g/mol. The van der Waals surface area contributed by atoms with Crippen LogP contribution in [0.4, 0.5) is 11.4 Å². The van der Waals surface area contributed by atoms with Gasteiger partial charge in [0.2, 0.25) is 11.8 Å². The zero-order valence-electron chi connectivity index (χ0n) is 20.4. The monoisotopic (exact) mass is 523 g/mol. The number of carbonyl (C=O) groups is 3. The number of Topliss-reactive ketones (excluding diaryl/α,β-unsaturated/α-hetero) is 1. The fourth-order valence-corrected chi connectivity index (χ4v) is 6.20. The number of imide groups is 1. The highest BCUT2D eigenvalue weighted by Gasteiger charge is 2.64. The first-order chi connectivity index (χ1) is 18.9. The molecule has 10 nitrogen and oxygen atoms in total. The van der Waals surface area contributed by atoms with Crippen molar-refractivity contribution in [2.75, 3.05) is 18.1 Å². The summed E-state index contributed by atoms with van der Waals surface area (Å²) in [5.41, 5.74) is 2.22. The van der Waals surface area contributed by atoms with Crippen molar-refractivity contribution in [1.29, 1.82) is 0 Å². The molecule has 0 aromatic heterocycles. The minimum atomic E-state index is -0.968. The van der Waals surface area contributed by atoms with E-state index in [0.29, 0.717) is 30.4 Å². The lowest BCUT2D eigenvalue weighted by atomic mass is 9.83. The summed E-state index contributed by atoms with van der Waals surface area (Å²) in [7, 11) is 0. The first-order valence-electron chi connectivity index (χ1n) is 12.5. The molecule has 7 rings (SSSR count). The zero-order chi connectivity index (χ0) is 26.8. The number of benzene rings is 3. The highest BCUT2D eigenvalue weighted by Crippen LogP contribution is 2.54. The van der Waals surface area contributed by atoms with E-state index >= 15 is 0 Å². The maximum atomic E-state index is 14.1. The Kier molecular flexibility index (Phi) is 5.06. The lowest BCUT2D eigenvalue weighted by Crippen LogP contribution is -2.44. The van der Waals surface area contributed by atoms with Crippen molar-refractivity contribution < 1.29 is 28.8 Å². The summed E-state index contributed by atoms with van der Waals surface area (Å²) in [6.07, 6.45) is 3.64. The molecule has 0 saturated carbocycles. The Hall–Kier alpha value is -4.99. The molecule has 10 heteroatoms. The van der Waals surface area contributed by atoms with Crippen molar-refractivity contribution in [1.82, 2.24) is 4.90 Å². The molecule has 4 aliphatic rings. The molecule has 39 heavy (non-hydrogen) atoms. The first kappa shape index (κ1) is 23.2. The van der Waals surface area contributed by atoms with Gasteiger partial charge in [0.25, 0.3) is 5.69 Å². The van der Waals surface area contributed by atoms with Gasteiger partial charge in [0.05, 0.1) is 28.5 Å². The number of nitro benzene ring substituents is 1. The second kappa shape index (κ2) is 8.52. The molecule has 0 unspecified atom stereocenters. The van der Waals surface area contributed by atoms with Gasteiger partial charge < -0.3 is 14.4 Å². The van der Waals surface area contributed by atoms with Gasteiger partial charge in [0.15, 0.2) is 17.3 Å². The molecule has 2 amide bonds. The molecular weight excluding hydrogens is 502 g/mol. The predicted octanol–water partition coefficient (Wildman–Crippen LogP) is 3.76. The summed E-state index contributed by atoms with van der Waals surface area (Å²) >= 11 is 0. The van der Waals surface area contributed by atoms with Crippen molar-refractivity contribution in [3.8, 4) is 11.5 Å². The summed E-state index contributed by atoms with van der Waals surface area (Å²) in [6, 6.07) is 16.4. The highest BCUT2D eigenvalue weighted by atomic mass is 16.6. The van der Waals surface area contributed by atoms with Crippen LogP contribution < -0.4 is 14.4 Å². The maximum absolute atomic E-state index is 14.1. The van der Waals surface area contributed by atoms with Gasteiger partial charge in [-0.25, -0.2) is 4.90 Å². The van der Waals surface area contributed by atoms with E-state index in [1.165, 1.54) is 24.3 Å². The van der Waals surface area contributed by atoms with Crippen molar-refractivity contribution in [3.63, 3.8) is 0 Å². The van der Waals surface area contributed by atoms with Crippen LogP contribution in [0.1, 0.15) is 27.5 Å². The van der Waals surface area contributed by atoms with Crippen LogP contribution in [-0.4, -0.2) is 46.7 Å². The Morgan fingerprint density at radius 2 is 1.62 bits per heavy atom. The number of amides is 2. The third-order valence-corrected chi connectivity index (χ3v) is 7.88. The fraction of sp³-hybridized carbons (Fsp3) is 0.207. The van der Waals surface area contributed by atoms with E-state index in [-0.39, 0.29) is 22.9 Å². The maximum Gasteiger partial charge on any atom is 0.269 e. The third-order valence-electron chi connectivity index (χ3n) is 7.88. The van der Waals surface area contributed by atoms with E-state index < -0.39 is 34.7 Å². The summed E-state index contributed by atoms with van der Waals surface area (Å²) in [5.74, 6) is -2.01. The fourth-order valence-electron chi connectivity index (χ4n) is 6.20. The molecule has 0 bridgehead atoms. The topological polar surface area (TPSA) is 119 Å². The van der Waals surface area contributed by atoms with Crippen LogP contribution in [0.5, 0.6) is 11.5 Å². The normalized spacial score (nSPS) is 24.3. The Bertz CT molecular complexity index is 1600. The summed E-state index contributed by atoms with van der Waals surface area (Å²) < 4.78 is 11.3. The Labute approximate surface area is 222 Å². The molecule has 4 heterocycles. The Balaban J connectivity index is 1.33. The largest absolute Gasteiger partial charge is 0.486 e. The standard InChI is InChI=1S/C29H21N3O7/c33-27(17-5-7-18(8-6-17)32(36)37)26-24-23(25-20-4-2-1-3-16(20)11-12-30(25)26)28(34)31(29(24)35)19-9-10-21-22(15-19)39-14-13-38-21/h1-12,15,23-26H,13-14H2/t23-,24-,25+,26+/m1/s1. The minimum Gasteiger partial charge on any atom is -0.486 e. The minimum absolute atomic E-state index is 0.141. The molecule has 4 atom stereocenters. The Morgan fingerprint density at radius 1 is 0.897 bits per heavy atom. The second-order valence-electron chi connectivity index (χ2n) is 9.84. The number of anilines is 1. The smallest absolute Gasteiger partial charge is 0.269 e. The van der Waals surface area contributed by atoms with Crippen LogP contribution in [0.3, 0.4) is 0 Å². The number of non-ortho nitro benzene ring substituents is 1. The number of nitrogens with zero attached hydrogens (tertiary/aromatic N) is 3. The van der Waals surface area contributed by atoms with Crippen LogP contribution in [0.2, 0.25) is 0 Å². The van der Waals surface area contributed by atoms with Crippen LogP contribution in [0.25, 0.3) is 6.08 Å². The number of rotatable bonds is 4. The molecule has 4 aliphatic heterocycles. The molecular formula is C29H21N3O7. The second-order valence-corrected chi connectivity index (χ2v) is 9.84. The predicted molar refractivity (Wildman–Crippen MR) is 138 cm³/mol. The van der Waals surface area contributed by atoms with Crippen molar-refractivity contribution >= 4 is 35.0 Å². The zero-order valence-corrected chi connectivity index (χ0v) is 20.4. The quantitative estimate of drug-likeness (QED) is 0.219. The molecule has 3 aromatic rings. The van der Waals surface area contributed by atoms with E-state index in [4.69, 9.17) is 9.47 Å². The van der Waals surface area contributed by atoms with Crippen LogP contribution in [-0.2, 0) is 9.59 Å². The molecule has 194 valence electrons. The van der Waals surface area contributed by atoms with Gasteiger partial charge in [-0.15, -0.1) is 0 Å². The summed E-state index contributed by atoms with van der Waals surface area (Å²) in [5, 5.41) is 11.1. The van der Waals surface area contributed by atoms with Crippen LogP contribution in [0.15, 0.2) is 72.9 Å². The van der Waals surface area contributed by atoms with Gasteiger partial charge in [-0.1, -0.05) is 24.3 Å². The number of nitro groups is 1. The Morgan fingerprint density at radius 3 is 2.38 bits per heavy atom. The molecule has 2 saturated heterocycles. The van der Waals surface area contributed by atoms with Gasteiger partial charge in [0.1, 0.15) is 19.3 Å². The molecule has 0 spiro atoms. The van der Waals surface area contributed by atoms with Gasteiger partial charge in [-0.2, -0.15) is 0 Å². The van der Waals surface area contributed by atoms with Crippen molar-refractivity contribution in [2.45, 2.75) is 12.1 Å². The molecule has 0 radical (unpaired) electrons. The van der Waals surface area contributed by atoms with Crippen molar-refractivity contribution in [2.24, 2.45) is 11.8 Å². The van der Waals surface area contributed by atoms with Crippen molar-refractivity contribution in [3.05, 3.63) is 99.7 Å². The highest BCUT2D eigenvalue weighted by molar-refractivity contribution is 6.24. The third kappa shape index (κ3) is 3.37. The van der Waals surface area contributed by atoms with E-state index in [2.05, 4.69) is 0 Å². The van der Waals surface area contributed by atoms with Gasteiger partial charge in [-0.3, -0.25) is 24.5 Å². The van der Waals surface area contributed by atoms with E-state index in [1.54, 1.807) is 29.3 Å². The summed E-state index contributed by atoms with van der Waals surface area (Å²) in [6.45, 7) is 0.768. The van der Waals surface area contributed by atoms with Gasteiger partial charge in [-0.05, 0) is 41.5 Å². The first-order valence-corrected chi connectivity index (χ1v) is 12.5. The number of hydrogen-bond donors (Lipinski definition) is 0. The lowest BCUT2D eigenvalue weighted by molar-refractivity contribution is -0.384. The summed E-state index contributed by atoms with van der Waals surface area (Å²) in [4.78, 5) is 55.6. The molecule has 2 fully saturated rings. The van der Waals surface area contributed by atoms with E-state index in [1.807, 2.05) is 30.3 Å². The number of fused-ring (bicyclic) bond motifs is 6. The SMILES string of the molecule is O=C(c1ccc([N+](=O)[O-])cc1)[C@@H]1[C@@H]2C(=O)N(c3ccc4c(c3)OCCO4)C(=O)[C@H]2[C@@H]2c3ccccc3C=CN12. The molecule has 0 aliphatic carbocycles. The lowest BCUT2D eigenvalue weighted by Gasteiger charge is -2.35. The van der Waals surface area contributed by atoms with Crippen LogP contribution >= 0.6 is 0 Å². The van der Waals surface area contributed by atoms with E-state index in [9.17, 15) is 24.5 Å². The van der Waals surface area contributed by atoms with Crippen LogP contribution in [0, 0.1) is 22.0 Å². The number of carbonyl (C=O) groups excluding carboxylic acids is 3. The molecule has 3 aromatic carbocycles. The average Bonchev–Trinajstić information content (AvgIpc) is 3.44. The van der Waals surface area contributed by atoms with Gasteiger partial charge in [0, 0.05) is 30.0 Å². The van der Waals surface area contributed by atoms with E-state index in [0.717, 1.165) is 16.0 Å². The molecule has 0 N–H and O–H groups in total. The number of ketones is 1. The van der Waals surface area contributed by atoms with Gasteiger partial charge >= 0.3 is 0 Å². The number of hydrogen-bond acceptors (Lipinski definition) is 8. The number of ether oxygens (including phenoxy) is 2.